The number of hydrogen-bond acceptors (Lipinski definition) is 8. The number of ether oxygens (including phenoxy) is 2. The number of fused-ring (bicyclic) bond motifs is 1. The zero-order chi connectivity index (χ0) is 19.2. The van der Waals surface area contributed by atoms with Crippen LogP contribution >= 0.6 is 19.8 Å². The van der Waals surface area contributed by atoms with Gasteiger partial charge in [0, 0.05) is 0 Å². The molecule has 0 aromatic rings. The van der Waals surface area contributed by atoms with Crippen molar-refractivity contribution in [1.29, 1.82) is 0 Å². The Hall–Kier alpha value is -0.410. The van der Waals surface area contributed by atoms with Gasteiger partial charge in [0.25, 0.3) is 0 Å². The van der Waals surface area contributed by atoms with Crippen molar-refractivity contribution in [2.24, 2.45) is 0 Å². The van der Waals surface area contributed by atoms with Crippen molar-refractivity contribution in [3.8, 4) is 0 Å². The van der Waals surface area contributed by atoms with E-state index in [1.165, 1.54) is 23.8 Å². The fourth-order valence-corrected chi connectivity index (χ4v) is 6.54. The van der Waals surface area contributed by atoms with Crippen LogP contribution in [-0.4, -0.2) is 86.1 Å². The van der Waals surface area contributed by atoms with E-state index in [0.717, 1.165) is 6.26 Å². The summed E-state index contributed by atoms with van der Waals surface area (Å²) < 4.78 is 32.5. The summed E-state index contributed by atoms with van der Waals surface area (Å²) in [7, 11) is -3.06. The Labute approximate surface area is 154 Å². The van der Waals surface area contributed by atoms with Crippen LogP contribution in [0.25, 0.3) is 0 Å². The third-order valence-electron chi connectivity index (χ3n) is 4.39. The first-order valence-corrected chi connectivity index (χ1v) is 13.9. The topological polar surface area (TPSA) is 102 Å². The molecule has 146 valence electrons. The van der Waals surface area contributed by atoms with Gasteiger partial charge in [-0.1, -0.05) is 0 Å². The van der Waals surface area contributed by atoms with Crippen molar-refractivity contribution in [3.05, 3.63) is 0 Å². The molecule has 0 aromatic carbocycles. The van der Waals surface area contributed by atoms with Gasteiger partial charge in [0.2, 0.25) is 0 Å². The molecule has 2 saturated heterocycles. The third-order valence-corrected chi connectivity index (χ3v) is 7.91. The van der Waals surface area contributed by atoms with E-state index in [2.05, 4.69) is 18.4 Å². The number of carbonyl (C=O) groups is 2. The molecule has 0 unspecified atom stereocenters. The number of thioether (sulfide) groups is 1. The molecule has 2 rings (SSSR count). The summed E-state index contributed by atoms with van der Waals surface area (Å²) in [6.45, 7) is 7.56. The molecule has 1 N–H and O–H groups in total. The molecule has 0 aromatic heterocycles. The molecule has 2 aliphatic heterocycles. The molecular weight excluding hydrogens is 387 g/mol. The predicted molar refractivity (Wildman–Crippen MR) is 101 cm³/mol. The Morgan fingerprint density at radius 2 is 2.00 bits per heavy atom. The molecule has 0 bridgehead atoms. The second-order valence-electron chi connectivity index (χ2n) is 7.14. The maximum absolute atomic E-state index is 12.8. The molecule has 1 amide bonds. The van der Waals surface area contributed by atoms with Gasteiger partial charge < -0.3 is 0 Å². The van der Waals surface area contributed by atoms with Crippen molar-refractivity contribution >= 4 is 41.5 Å². The maximum atomic E-state index is 12.8. The van der Waals surface area contributed by atoms with Gasteiger partial charge in [0.1, 0.15) is 0 Å². The Morgan fingerprint density at radius 3 is 2.48 bits per heavy atom. The van der Waals surface area contributed by atoms with Gasteiger partial charge >= 0.3 is 154 Å². The molecule has 0 saturated carbocycles. The summed E-state index contributed by atoms with van der Waals surface area (Å²) in [6, 6.07) is -0.322. The molecule has 0 aliphatic carbocycles. The van der Waals surface area contributed by atoms with Crippen molar-refractivity contribution in [3.63, 3.8) is 0 Å². The molecule has 0 spiro atoms. The van der Waals surface area contributed by atoms with Crippen LogP contribution in [-0.2, 0) is 28.9 Å². The Bertz CT molecular complexity index is 668. The zero-order valence-corrected chi connectivity index (χ0v) is 18.1. The number of methoxy groups -OCH3 is 1. The Kier molecular flexibility index (Phi) is 5.82. The fourth-order valence-electron chi connectivity index (χ4n) is 3.26. The van der Waals surface area contributed by atoms with Gasteiger partial charge in [-0.05, 0) is 0 Å². The van der Waals surface area contributed by atoms with Crippen molar-refractivity contribution < 1.29 is 27.5 Å². The molecule has 0 radical (unpaired) electrons. The van der Waals surface area contributed by atoms with E-state index in [-0.39, 0.29) is 29.7 Å². The van der Waals surface area contributed by atoms with Crippen LogP contribution in [0.5, 0.6) is 0 Å². The van der Waals surface area contributed by atoms with Gasteiger partial charge in [-0.2, -0.15) is 0 Å². The van der Waals surface area contributed by atoms with Crippen LogP contribution in [0, 0.1) is 0 Å². The molecule has 2 fully saturated rings. The van der Waals surface area contributed by atoms with Gasteiger partial charge in [0.15, 0.2) is 0 Å². The second kappa shape index (κ2) is 6.96. The molecule has 11 heteroatoms. The van der Waals surface area contributed by atoms with Gasteiger partial charge in [-0.3, -0.25) is 0 Å². The number of nitrogens with zero attached hydrogens (tertiary/aromatic N) is 1. The normalized spacial score (nSPS) is 31.4. The van der Waals surface area contributed by atoms with Crippen LogP contribution in [0.2, 0.25) is 0 Å². The van der Waals surface area contributed by atoms with E-state index in [1.54, 1.807) is 0 Å². The van der Waals surface area contributed by atoms with Crippen LogP contribution < -0.4 is 5.09 Å². The van der Waals surface area contributed by atoms with Crippen LogP contribution in [0.4, 0.5) is 0 Å². The van der Waals surface area contributed by atoms with E-state index < -0.39 is 34.4 Å². The minimum atomic E-state index is -3.25. The fraction of sp³-hybridized carbons (Fsp3) is 0.857. The molecular formula is C14H27N2O6PS2. The molecule has 25 heavy (non-hydrogen) atoms. The quantitative estimate of drug-likeness (QED) is 0.344. The van der Waals surface area contributed by atoms with Gasteiger partial charge in [-0.15, -0.1) is 0 Å². The summed E-state index contributed by atoms with van der Waals surface area (Å²) in [5.74, 6) is -1.19. The average Bonchev–Trinajstić information content (AvgIpc) is 2.68. The number of esters is 1. The number of sulfone groups is 1. The number of carbonyl (C=O) groups excluding carboxylic acids is 2. The van der Waals surface area contributed by atoms with Crippen molar-refractivity contribution in [2.45, 2.75) is 35.7 Å². The van der Waals surface area contributed by atoms with E-state index in [0.29, 0.717) is 0 Å². The summed E-state index contributed by atoms with van der Waals surface area (Å²) in [4.78, 5) is 26.9. The van der Waals surface area contributed by atoms with Crippen LogP contribution in [0.1, 0.15) is 13.8 Å². The first kappa shape index (κ1) is 20.9. The number of amides is 1. The molecule has 2 heterocycles. The standard InChI is InChI=1S/C14H27N2O6PS2/c1-13(2)14(21-3,12(18)22-7-8-25(6,19)20)16-10(17)9(11(16)24-13)15-23(4)5/h9,11,15H,7-8,23H2,1-6H3/t9-,11-,14-/m1/s1. The predicted octanol–water partition coefficient (Wildman–Crippen LogP) is -0.310. The second-order valence-corrected chi connectivity index (χ2v) is 13.8. The number of β-lactam (4-membered cyclic amide) rings is 1. The van der Waals surface area contributed by atoms with Gasteiger partial charge in [-0.25, -0.2) is 0 Å². The van der Waals surface area contributed by atoms with Crippen molar-refractivity contribution in [1.82, 2.24) is 9.99 Å². The summed E-state index contributed by atoms with van der Waals surface area (Å²) >= 11 is 1.49. The van der Waals surface area contributed by atoms with Crippen molar-refractivity contribution in [2.75, 3.05) is 39.1 Å². The summed E-state index contributed by atoms with van der Waals surface area (Å²) in [5.41, 5.74) is -1.56. The first-order valence-electron chi connectivity index (χ1n) is 8.04. The van der Waals surface area contributed by atoms with E-state index >= 15 is 0 Å². The van der Waals surface area contributed by atoms with Crippen LogP contribution in [0.15, 0.2) is 0 Å². The first-order chi connectivity index (χ1) is 11.4. The monoisotopic (exact) mass is 414 g/mol. The van der Waals surface area contributed by atoms with E-state index in [1.807, 2.05) is 13.8 Å². The Morgan fingerprint density at radius 1 is 1.40 bits per heavy atom. The Balaban J connectivity index is 2.23. The van der Waals surface area contributed by atoms with Crippen LogP contribution in [0.3, 0.4) is 0 Å². The van der Waals surface area contributed by atoms with E-state index in [9.17, 15) is 18.0 Å². The summed E-state index contributed by atoms with van der Waals surface area (Å²) in [6.07, 6.45) is 1.07. The van der Waals surface area contributed by atoms with E-state index in [4.69, 9.17) is 9.47 Å². The third kappa shape index (κ3) is 3.56. The molecule has 2 aliphatic rings. The number of hydrogen-bond donors (Lipinski definition) is 1. The number of rotatable bonds is 7. The minimum absolute atomic E-state index is 0.189. The molecule has 3 atom stereocenters. The molecule has 8 nitrogen and oxygen atoms in total. The SMILES string of the molecule is CO[C@@]1(C(=O)OCCS(C)(=O)=O)N2C(=O)[C@@H](N[PH2](C)C)[C@H]2SC1(C)C. The number of nitrogens with one attached hydrogen (secondary N) is 1. The summed E-state index contributed by atoms with van der Waals surface area (Å²) in [5, 5.41) is 3.13. The van der Waals surface area contributed by atoms with Gasteiger partial charge in [0.05, 0.1) is 0 Å². The zero-order valence-electron chi connectivity index (χ0n) is 15.4. The average molecular weight is 414 g/mol.